The molecule has 8 heteroatoms. The van der Waals surface area contributed by atoms with Gasteiger partial charge in [0.25, 0.3) is 5.91 Å². The Morgan fingerprint density at radius 1 is 1.25 bits per heavy atom. The minimum Gasteiger partial charge on any atom is -0.348 e. The number of nitrogens with one attached hydrogen (secondary N) is 1. The van der Waals surface area contributed by atoms with Crippen molar-refractivity contribution in [2.45, 2.75) is 31.7 Å². The molecule has 148 valence electrons. The third-order valence-electron chi connectivity index (χ3n) is 5.12. The molecule has 0 aliphatic heterocycles. The van der Waals surface area contributed by atoms with Gasteiger partial charge in [-0.25, -0.2) is 9.67 Å². The summed E-state index contributed by atoms with van der Waals surface area (Å²) in [6.45, 7) is 0.617. The molecule has 2 atom stereocenters. The molecule has 3 aromatic rings. The zero-order chi connectivity index (χ0) is 18.6. The second kappa shape index (κ2) is 9.32. The van der Waals surface area contributed by atoms with Gasteiger partial charge in [0.15, 0.2) is 0 Å². The molecular formula is C20H24ClN5OS. The number of carbonyl (C=O) groups is 1. The minimum atomic E-state index is -0.113. The largest absolute Gasteiger partial charge is 0.348 e. The van der Waals surface area contributed by atoms with Crippen molar-refractivity contribution < 1.29 is 4.79 Å². The molecule has 2 unspecified atom stereocenters. The summed E-state index contributed by atoms with van der Waals surface area (Å²) in [6.07, 6.45) is 8.13. The quantitative estimate of drug-likeness (QED) is 0.663. The normalized spacial score (nSPS) is 19.0. The summed E-state index contributed by atoms with van der Waals surface area (Å²) in [5.41, 5.74) is 8.22. The Labute approximate surface area is 174 Å². The highest BCUT2D eigenvalue weighted by atomic mass is 35.5. The maximum atomic E-state index is 12.6. The third-order valence-corrected chi connectivity index (χ3v) is 6.01. The predicted octanol–water partition coefficient (Wildman–Crippen LogP) is 3.66. The van der Waals surface area contributed by atoms with Crippen LogP contribution in [-0.4, -0.2) is 33.3 Å². The van der Waals surface area contributed by atoms with E-state index >= 15 is 0 Å². The highest BCUT2D eigenvalue weighted by molar-refractivity contribution is 7.13. The van der Waals surface area contributed by atoms with Crippen LogP contribution in [-0.2, 0) is 0 Å². The molecule has 1 aliphatic rings. The molecule has 2 heterocycles. The molecule has 1 saturated carbocycles. The van der Waals surface area contributed by atoms with Crippen molar-refractivity contribution in [3.8, 4) is 16.3 Å². The number of para-hydroxylation sites is 1. The van der Waals surface area contributed by atoms with Gasteiger partial charge in [-0.2, -0.15) is 5.10 Å². The molecule has 1 fully saturated rings. The first kappa shape index (κ1) is 20.5. The fourth-order valence-electron chi connectivity index (χ4n) is 3.59. The van der Waals surface area contributed by atoms with Crippen LogP contribution in [0.1, 0.15) is 36.2 Å². The zero-order valence-corrected chi connectivity index (χ0v) is 17.1. The van der Waals surface area contributed by atoms with Crippen LogP contribution >= 0.6 is 23.7 Å². The van der Waals surface area contributed by atoms with Gasteiger partial charge in [0, 0.05) is 23.2 Å². The SMILES string of the molecule is Cl.NCC1CCCCC1NC(=O)c1csc(-c2cnn(-c3ccccc3)c2)n1. The summed E-state index contributed by atoms with van der Waals surface area (Å²) < 4.78 is 1.81. The van der Waals surface area contributed by atoms with Crippen molar-refractivity contribution in [2.75, 3.05) is 6.54 Å². The Bertz CT molecular complexity index is 910. The van der Waals surface area contributed by atoms with Gasteiger partial charge in [0.05, 0.1) is 11.9 Å². The second-order valence-electron chi connectivity index (χ2n) is 6.91. The maximum Gasteiger partial charge on any atom is 0.271 e. The van der Waals surface area contributed by atoms with E-state index < -0.39 is 0 Å². The molecule has 0 bridgehead atoms. The molecule has 0 spiro atoms. The summed E-state index contributed by atoms with van der Waals surface area (Å²) in [7, 11) is 0. The third kappa shape index (κ3) is 4.43. The predicted molar refractivity (Wildman–Crippen MR) is 114 cm³/mol. The fraction of sp³-hybridized carbons (Fsp3) is 0.350. The number of aromatic nitrogens is 3. The maximum absolute atomic E-state index is 12.6. The molecule has 4 rings (SSSR count). The van der Waals surface area contributed by atoms with E-state index in [-0.39, 0.29) is 24.4 Å². The van der Waals surface area contributed by atoms with Crippen molar-refractivity contribution in [3.05, 3.63) is 53.8 Å². The average Bonchev–Trinajstić information content (AvgIpc) is 3.39. The van der Waals surface area contributed by atoms with Crippen molar-refractivity contribution >= 4 is 29.7 Å². The Morgan fingerprint density at radius 2 is 2.04 bits per heavy atom. The van der Waals surface area contributed by atoms with Crippen LogP contribution in [0.5, 0.6) is 0 Å². The minimum absolute atomic E-state index is 0. The van der Waals surface area contributed by atoms with E-state index in [4.69, 9.17) is 5.73 Å². The lowest BCUT2D eigenvalue weighted by Gasteiger charge is -2.31. The van der Waals surface area contributed by atoms with E-state index in [2.05, 4.69) is 15.4 Å². The Hall–Kier alpha value is -2.22. The number of hydrogen-bond acceptors (Lipinski definition) is 5. The summed E-state index contributed by atoms with van der Waals surface area (Å²) in [6, 6.07) is 10.1. The Kier molecular flexibility index (Phi) is 6.83. The van der Waals surface area contributed by atoms with Crippen LogP contribution in [0.4, 0.5) is 0 Å². The molecule has 3 N–H and O–H groups in total. The Balaban J connectivity index is 0.00000225. The van der Waals surface area contributed by atoms with E-state index in [1.807, 2.05) is 46.6 Å². The lowest BCUT2D eigenvalue weighted by Crippen LogP contribution is -2.44. The molecule has 1 amide bonds. The van der Waals surface area contributed by atoms with Gasteiger partial charge in [0.2, 0.25) is 0 Å². The molecule has 1 aromatic carbocycles. The first-order valence-electron chi connectivity index (χ1n) is 9.31. The number of halogens is 1. The number of rotatable bonds is 5. The number of thiazole rings is 1. The highest BCUT2D eigenvalue weighted by Gasteiger charge is 2.26. The molecule has 28 heavy (non-hydrogen) atoms. The van der Waals surface area contributed by atoms with Crippen molar-refractivity contribution in [2.24, 2.45) is 11.7 Å². The lowest BCUT2D eigenvalue weighted by molar-refractivity contribution is 0.0903. The molecule has 2 aromatic heterocycles. The number of nitrogens with zero attached hydrogens (tertiary/aromatic N) is 3. The van der Waals surface area contributed by atoms with E-state index in [0.717, 1.165) is 35.5 Å². The fourth-order valence-corrected chi connectivity index (χ4v) is 4.36. The first-order valence-corrected chi connectivity index (χ1v) is 10.2. The van der Waals surface area contributed by atoms with E-state index in [1.54, 1.807) is 6.20 Å². The van der Waals surface area contributed by atoms with Crippen LogP contribution in [0.2, 0.25) is 0 Å². The molecule has 1 aliphatic carbocycles. The van der Waals surface area contributed by atoms with Crippen LogP contribution in [0.25, 0.3) is 16.3 Å². The number of nitrogens with two attached hydrogens (primary N) is 1. The number of carbonyl (C=O) groups excluding carboxylic acids is 1. The van der Waals surface area contributed by atoms with Crippen molar-refractivity contribution in [3.63, 3.8) is 0 Å². The second-order valence-corrected chi connectivity index (χ2v) is 7.77. The number of amides is 1. The van der Waals surface area contributed by atoms with Crippen LogP contribution in [0.15, 0.2) is 48.1 Å². The van der Waals surface area contributed by atoms with Gasteiger partial charge in [-0.05, 0) is 37.4 Å². The van der Waals surface area contributed by atoms with Crippen molar-refractivity contribution in [1.82, 2.24) is 20.1 Å². The molecule has 0 radical (unpaired) electrons. The molecule has 6 nitrogen and oxygen atoms in total. The molecular weight excluding hydrogens is 394 g/mol. The topological polar surface area (TPSA) is 85.8 Å². The van der Waals surface area contributed by atoms with Gasteiger partial charge in [-0.15, -0.1) is 23.7 Å². The van der Waals surface area contributed by atoms with Crippen LogP contribution in [0, 0.1) is 5.92 Å². The summed E-state index contributed by atoms with van der Waals surface area (Å²) in [5, 5.41) is 10.1. The lowest BCUT2D eigenvalue weighted by atomic mass is 9.84. The van der Waals surface area contributed by atoms with Crippen LogP contribution < -0.4 is 11.1 Å². The van der Waals surface area contributed by atoms with E-state index in [0.29, 0.717) is 18.2 Å². The number of benzene rings is 1. The summed E-state index contributed by atoms with van der Waals surface area (Å²) in [5.74, 6) is 0.253. The van der Waals surface area contributed by atoms with Gasteiger partial charge in [-0.1, -0.05) is 31.0 Å². The monoisotopic (exact) mass is 417 g/mol. The standard InChI is InChI=1S/C20H23N5OS.ClH/c21-10-14-6-4-5-9-17(14)23-19(26)18-13-27-20(24-18)15-11-22-25(12-15)16-7-2-1-3-8-16;/h1-3,7-8,11-14,17H,4-6,9-10,21H2,(H,23,26);1H. The smallest absolute Gasteiger partial charge is 0.271 e. The van der Waals surface area contributed by atoms with Crippen molar-refractivity contribution in [1.29, 1.82) is 0 Å². The first-order chi connectivity index (χ1) is 13.2. The number of hydrogen-bond donors (Lipinski definition) is 2. The summed E-state index contributed by atoms with van der Waals surface area (Å²) in [4.78, 5) is 17.1. The summed E-state index contributed by atoms with van der Waals surface area (Å²) >= 11 is 1.46. The van der Waals surface area contributed by atoms with Gasteiger partial charge >= 0.3 is 0 Å². The van der Waals surface area contributed by atoms with Gasteiger partial charge in [0.1, 0.15) is 10.7 Å². The molecule has 0 saturated heterocycles. The zero-order valence-electron chi connectivity index (χ0n) is 15.5. The highest BCUT2D eigenvalue weighted by Crippen LogP contribution is 2.26. The average molecular weight is 418 g/mol. The van der Waals surface area contributed by atoms with Gasteiger partial charge < -0.3 is 11.1 Å². The van der Waals surface area contributed by atoms with Gasteiger partial charge in [-0.3, -0.25) is 4.79 Å². The van der Waals surface area contributed by atoms with E-state index in [9.17, 15) is 4.79 Å². The van der Waals surface area contributed by atoms with E-state index in [1.165, 1.54) is 17.8 Å². The van der Waals surface area contributed by atoms with Crippen LogP contribution in [0.3, 0.4) is 0 Å². The Morgan fingerprint density at radius 3 is 2.82 bits per heavy atom.